The van der Waals surface area contributed by atoms with Gasteiger partial charge in [-0.2, -0.15) is 0 Å². The van der Waals surface area contributed by atoms with Gasteiger partial charge in [0.25, 0.3) is 0 Å². The van der Waals surface area contributed by atoms with E-state index in [1.165, 1.54) is 17.7 Å². The van der Waals surface area contributed by atoms with Crippen LogP contribution >= 0.6 is 24.8 Å². The lowest BCUT2D eigenvalue weighted by atomic mass is 10.2. The molecular formula is C13H25Cl2N3. The molecule has 0 aromatic heterocycles. The van der Waals surface area contributed by atoms with E-state index in [2.05, 4.69) is 53.9 Å². The summed E-state index contributed by atoms with van der Waals surface area (Å²) in [4.78, 5) is 2.12. The minimum absolute atomic E-state index is 0. The first-order valence-corrected chi connectivity index (χ1v) is 5.85. The number of anilines is 1. The van der Waals surface area contributed by atoms with Crippen molar-refractivity contribution in [3.05, 3.63) is 29.8 Å². The second-order valence-electron chi connectivity index (χ2n) is 4.19. The van der Waals surface area contributed by atoms with E-state index < -0.39 is 0 Å². The summed E-state index contributed by atoms with van der Waals surface area (Å²) in [6.45, 7) is 3.10. The molecule has 3 nitrogen and oxygen atoms in total. The molecule has 1 rings (SSSR count). The number of nitrogens with zero attached hydrogens (tertiary/aromatic N) is 1. The van der Waals surface area contributed by atoms with Crippen LogP contribution in [0.3, 0.4) is 0 Å². The molecule has 0 fully saturated rings. The highest BCUT2D eigenvalue weighted by atomic mass is 35.5. The van der Waals surface area contributed by atoms with E-state index in [0.29, 0.717) is 0 Å². The van der Waals surface area contributed by atoms with Crippen LogP contribution in [-0.2, 0) is 6.54 Å². The van der Waals surface area contributed by atoms with Crippen molar-refractivity contribution < 1.29 is 0 Å². The molecule has 0 heterocycles. The molecule has 0 unspecified atom stereocenters. The van der Waals surface area contributed by atoms with Crippen LogP contribution in [0.1, 0.15) is 12.0 Å². The van der Waals surface area contributed by atoms with E-state index >= 15 is 0 Å². The van der Waals surface area contributed by atoms with E-state index in [1.54, 1.807) is 0 Å². The lowest BCUT2D eigenvalue weighted by Crippen LogP contribution is -2.19. The van der Waals surface area contributed by atoms with Crippen LogP contribution in [0.25, 0.3) is 0 Å². The molecule has 0 aliphatic carbocycles. The summed E-state index contributed by atoms with van der Waals surface area (Å²) < 4.78 is 0. The molecule has 0 spiro atoms. The van der Waals surface area contributed by atoms with Crippen LogP contribution in [0, 0.1) is 0 Å². The van der Waals surface area contributed by atoms with Crippen molar-refractivity contribution in [3.8, 4) is 0 Å². The van der Waals surface area contributed by atoms with Gasteiger partial charge < -0.3 is 15.5 Å². The van der Waals surface area contributed by atoms with E-state index in [9.17, 15) is 0 Å². The Morgan fingerprint density at radius 2 is 1.61 bits per heavy atom. The fourth-order valence-corrected chi connectivity index (χ4v) is 1.53. The predicted molar refractivity (Wildman–Crippen MR) is 85.5 cm³/mol. The largest absolute Gasteiger partial charge is 0.378 e. The predicted octanol–water partition coefficient (Wildman–Crippen LogP) is 2.30. The minimum Gasteiger partial charge on any atom is -0.378 e. The number of halogens is 2. The highest BCUT2D eigenvalue weighted by Crippen LogP contribution is 2.11. The Kier molecular flexibility index (Phi) is 12.8. The molecular weight excluding hydrogens is 269 g/mol. The Balaban J connectivity index is 0. The number of nitrogens with one attached hydrogen (secondary N) is 2. The van der Waals surface area contributed by atoms with Crippen LogP contribution in [-0.4, -0.2) is 34.2 Å². The molecule has 2 N–H and O–H groups in total. The molecule has 0 atom stereocenters. The molecule has 0 bridgehead atoms. The van der Waals surface area contributed by atoms with Gasteiger partial charge in [0, 0.05) is 26.3 Å². The van der Waals surface area contributed by atoms with Gasteiger partial charge in [-0.3, -0.25) is 0 Å². The molecule has 1 aromatic carbocycles. The molecule has 18 heavy (non-hydrogen) atoms. The van der Waals surface area contributed by atoms with Gasteiger partial charge in [-0.25, -0.2) is 0 Å². The molecule has 106 valence electrons. The Bertz CT molecular complexity index is 289. The molecule has 5 heteroatoms. The van der Waals surface area contributed by atoms with Gasteiger partial charge in [0.1, 0.15) is 0 Å². The smallest absolute Gasteiger partial charge is 0.0361 e. The van der Waals surface area contributed by atoms with Crippen molar-refractivity contribution in [2.24, 2.45) is 0 Å². The van der Waals surface area contributed by atoms with Gasteiger partial charge in [-0.05, 0) is 44.3 Å². The Labute approximate surface area is 123 Å². The second-order valence-corrected chi connectivity index (χ2v) is 4.19. The third-order valence-electron chi connectivity index (χ3n) is 2.56. The van der Waals surface area contributed by atoms with Gasteiger partial charge in [-0.15, -0.1) is 24.8 Å². The monoisotopic (exact) mass is 293 g/mol. The van der Waals surface area contributed by atoms with Crippen molar-refractivity contribution >= 4 is 30.5 Å². The first-order chi connectivity index (χ1) is 7.74. The molecule has 1 aromatic rings. The zero-order valence-electron chi connectivity index (χ0n) is 11.4. The van der Waals surface area contributed by atoms with E-state index in [0.717, 1.165) is 19.6 Å². The SMILES string of the molecule is CNCCCNCc1ccc(N(C)C)cc1.Cl.Cl. The molecule has 0 amide bonds. The zero-order valence-corrected chi connectivity index (χ0v) is 13.0. The van der Waals surface area contributed by atoms with Crippen LogP contribution in [0.5, 0.6) is 0 Å². The van der Waals surface area contributed by atoms with Crippen molar-refractivity contribution in [2.75, 3.05) is 39.1 Å². The standard InChI is InChI=1S/C13H23N3.2ClH/c1-14-9-4-10-15-11-12-5-7-13(8-6-12)16(2)3;;/h5-8,14-15H,4,9-11H2,1-3H3;2*1H. The fourth-order valence-electron chi connectivity index (χ4n) is 1.53. The maximum atomic E-state index is 3.43. The van der Waals surface area contributed by atoms with Crippen molar-refractivity contribution in [2.45, 2.75) is 13.0 Å². The first-order valence-electron chi connectivity index (χ1n) is 5.85. The third-order valence-corrected chi connectivity index (χ3v) is 2.56. The van der Waals surface area contributed by atoms with Gasteiger partial charge >= 0.3 is 0 Å². The summed E-state index contributed by atoms with van der Waals surface area (Å²) in [5.74, 6) is 0. The quantitative estimate of drug-likeness (QED) is 0.756. The molecule has 0 saturated carbocycles. The topological polar surface area (TPSA) is 27.3 Å². The highest BCUT2D eigenvalue weighted by molar-refractivity contribution is 5.85. The number of hydrogen-bond acceptors (Lipinski definition) is 3. The fraction of sp³-hybridized carbons (Fsp3) is 0.538. The number of benzene rings is 1. The van der Waals surface area contributed by atoms with E-state index in [1.807, 2.05) is 7.05 Å². The van der Waals surface area contributed by atoms with Crippen LogP contribution in [0.15, 0.2) is 24.3 Å². The molecule has 0 aliphatic rings. The average molecular weight is 294 g/mol. The number of hydrogen-bond donors (Lipinski definition) is 2. The summed E-state index contributed by atoms with van der Waals surface area (Å²) in [5.41, 5.74) is 2.59. The van der Waals surface area contributed by atoms with Crippen molar-refractivity contribution in [1.82, 2.24) is 10.6 Å². The highest BCUT2D eigenvalue weighted by Gasteiger charge is 1.95. The Morgan fingerprint density at radius 3 is 2.11 bits per heavy atom. The summed E-state index contributed by atoms with van der Waals surface area (Å²) in [6.07, 6.45) is 1.17. The summed E-state index contributed by atoms with van der Waals surface area (Å²) in [6, 6.07) is 8.68. The second kappa shape index (κ2) is 11.6. The lowest BCUT2D eigenvalue weighted by Gasteiger charge is -2.12. The molecule has 0 saturated heterocycles. The van der Waals surface area contributed by atoms with Crippen LogP contribution < -0.4 is 15.5 Å². The van der Waals surface area contributed by atoms with Gasteiger partial charge in [0.05, 0.1) is 0 Å². The maximum absolute atomic E-state index is 3.43. The van der Waals surface area contributed by atoms with Crippen LogP contribution in [0.4, 0.5) is 5.69 Å². The Hall–Kier alpha value is -0.480. The van der Waals surface area contributed by atoms with Gasteiger partial charge in [0.15, 0.2) is 0 Å². The Morgan fingerprint density at radius 1 is 1.00 bits per heavy atom. The minimum atomic E-state index is 0. The maximum Gasteiger partial charge on any atom is 0.0361 e. The molecule has 0 aliphatic heterocycles. The summed E-state index contributed by atoms with van der Waals surface area (Å²) in [7, 11) is 6.11. The zero-order chi connectivity index (χ0) is 11.8. The average Bonchev–Trinajstić information content (AvgIpc) is 2.29. The van der Waals surface area contributed by atoms with Crippen molar-refractivity contribution in [3.63, 3.8) is 0 Å². The first kappa shape index (κ1) is 19.9. The normalized spacial score (nSPS) is 9.28. The van der Waals surface area contributed by atoms with Crippen LogP contribution in [0.2, 0.25) is 0 Å². The van der Waals surface area contributed by atoms with E-state index in [-0.39, 0.29) is 24.8 Å². The summed E-state index contributed by atoms with van der Waals surface area (Å²) >= 11 is 0. The molecule has 0 radical (unpaired) electrons. The van der Waals surface area contributed by atoms with Gasteiger partial charge in [0.2, 0.25) is 0 Å². The number of rotatable bonds is 7. The third kappa shape index (κ3) is 7.77. The van der Waals surface area contributed by atoms with Gasteiger partial charge in [-0.1, -0.05) is 12.1 Å². The summed E-state index contributed by atoms with van der Waals surface area (Å²) in [5, 5.41) is 6.57. The lowest BCUT2D eigenvalue weighted by molar-refractivity contribution is 0.625. The van der Waals surface area contributed by atoms with Crippen molar-refractivity contribution in [1.29, 1.82) is 0 Å². The van der Waals surface area contributed by atoms with E-state index in [4.69, 9.17) is 0 Å².